The zero-order chi connectivity index (χ0) is 5.98. The molecule has 0 aromatic carbocycles. The molecule has 0 aromatic rings. The van der Waals surface area contributed by atoms with E-state index in [4.69, 9.17) is 0 Å². The van der Waals surface area contributed by atoms with Crippen molar-refractivity contribution in [3.8, 4) is 0 Å². The van der Waals surface area contributed by atoms with Crippen LogP contribution in [-0.4, -0.2) is 22.4 Å². The molecule has 0 bridgehead atoms. The van der Waals surface area contributed by atoms with Crippen molar-refractivity contribution in [2.45, 2.75) is 10.3 Å². The first-order chi connectivity index (χ1) is 3.83. The Balaban J connectivity index is 2.32. The summed E-state index contributed by atoms with van der Waals surface area (Å²) in [7, 11) is 0. The number of hydrogen-bond donors (Lipinski definition) is 1. The third kappa shape index (κ3) is 1.47. The molecule has 1 aliphatic heterocycles. The molecule has 2 unspecified atom stereocenters. The molecule has 0 saturated carbocycles. The molecule has 4 heteroatoms. The minimum Gasteiger partial charge on any atom is -0.301 e. The van der Waals surface area contributed by atoms with Crippen molar-refractivity contribution in [1.29, 1.82) is 0 Å². The van der Waals surface area contributed by atoms with Crippen molar-refractivity contribution in [3.63, 3.8) is 0 Å². The lowest BCUT2D eigenvalue weighted by Gasteiger charge is -1.97. The molecule has 2 atom stereocenters. The van der Waals surface area contributed by atoms with E-state index >= 15 is 0 Å². The largest absolute Gasteiger partial charge is 0.301 e. The molecule has 0 amide bonds. The zero-order valence-electron chi connectivity index (χ0n) is 4.13. The van der Waals surface area contributed by atoms with Crippen LogP contribution >= 0.6 is 27.7 Å². The number of aldehydes is 1. The minimum absolute atomic E-state index is 0.0133. The van der Waals surface area contributed by atoms with E-state index in [1.807, 2.05) is 0 Å². The highest BCUT2D eigenvalue weighted by atomic mass is 79.9. The molecule has 1 aliphatic rings. The van der Waals surface area contributed by atoms with Gasteiger partial charge in [0, 0.05) is 5.75 Å². The third-order valence-corrected chi connectivity index (χ3v) is 3.04. The number of hydrogen-bond acceptors (Lipinski definition) is 3. The number of nitrogens with one attached hydrogen (secondary N) is 1. The van der Waals surface area contributed by atoms with Gasteiger partial charge in [-0.05, 0) is 0 Å². The summed E-state index contributed by atoms with van der Waals surface area (Å²) in [6, 6.07) is 0. The van der Waals surface area contributed by atoms with Gasteiger partial charge in [0.2, 0.25) is 0 Å². The van der Waals surface area contributed by atoms with Crippen LogP contribution in [0.2, 0.25) is 0 Å². The van der Waals surface area contributed by atoms with Crippen molar-refractivity contribution in [2.75, 3.05) is 5.75 Å². The number of rotatable bonds is 1. The lowest BCUT2D eigenvalue weighted by Crippen LogP contribution is -2.25. The summed E-state index contributed by atoms with van der Waals surface area (Å²) in [5.41, 5.74) is 0. The van der Waals surface area contributed by atoms with Crippen LogP contribution < -0.4 is 5.32 Å². The van der Waals surface area contributed by atoms with Gasteiger partial charge in [0.25, 0.3) is 0 Å². The first kappa shape index (κ1) is 6.58. The highest BCUT2D eigenvalue weighted by Gasteiger charge is 2.20. The fraction of sp³-hybridized carbons (Fsp3) is 0.750. The molecule has 46 valence electrons. The van der Waals surface area contributed by atoms with Gasteiger partial charge in [-0.1, -0.05) is 15.9 Å². The molecule has 0 aromatic heterocycles. The Kier molecular flexibility index (Phi) is 2.34. The highest BCUT2D eigenvalue weighted by molar-refractivity contribution is 9.09. The molecule has 0 radical (unpaired) electrons. The summed E-state index contributed by atoms with van der Waals surface area (Å²) < 4.78 is 0. The normalized spacial score (nSPS) is 37.6. The lowest BCUT2D eigenvalue weighted by atomic mass is 10.6. The maximum absolute atomic E-state index is 10.0. The molecule has 2 nitrogen and oxygen atoms in total. The van der Waals surface area contributed by atoms with Gasteiger partial charge in [0.1, 0.15) is 11.7 Å². The van der Waals surface area contributed by atoms with Gasteiger partial charge in [-0.25, -0.2) is 0 Å². The van der Waals surface area contributed by atoms with Crippen molar-refractivity contribution in [2.24, 2.45) is 0 Å². The lowest BCUT2D eigenvalue weighted by molar-refractivity contribution is -0.107. The Hall–Kier alpha value is 0.460. The standard InChI is InChI=1S/C4H6BrNOS/c5-3-2-8-4(1-7)6-3/h1,3-4,6H,2H2. The van der Waals surface area contributed by atoms with E-state index in [1.54, 1.807) is 11.8 Å². The zero-order valence-corrected chi connectivity index (χ0v) is 6.54. The fourth-order valence-corrected chi connectivity index (χ4v) is 2.27. The molecule has 1 N–H and O–H groups in total. The molecule has 1 fully saturated rings. The quantitative estimate of drug-likeness (QED) is 0.377. The summed E-state index contributed by atoms with van der Waals surface area (Å²) in [5.74, 6) is 0.976. The van der Waals surface area contributed by atoms with E-state index in [0.29, 0.717) is 4.95 Å². The Morgan fingerprint density at radius 2 is 2.62 bits per heavy atom. The second kappa shape index (κ2) is 2.85. The molecule has 1 rings (SSSR count). The Bertz CT molecular complexity index is 100. The van der Waals surface area contributed by atoms with Gasteiger partial charge in [-0.3, -0.25) is 5.32 Å². The summed E-state index contributed by atoms with van der Waals surface area (Å²) >= 11 is 4.95. The second-order valence-corrected chi connectivity index (χ2v) is 3.80. The van der Waals surface area contributed by atoms with E-state index in [-0.39, 0.29) is 5.37 Å². The number of carbonyl (C=O) groups is 1. The van der Waals surface area contributed by atoms with Gasteiger partial charge < -0.3 is 4.79 Å². The van der Waals surface area contributed by atoms with E-state index < -0.39 is 0 Å². The van der Waals surface area contributed by atoms with Crippen LogP contribution in [-0.2, 0) is 4.79 Å². The number of thioether (sulfide) groups is 1. The molecule has 0 spiro atoms. The fourth-order valence-electron chi connectivity index (χ4n) is 0.541. The van der Waals surface area contributed by atoms with Crippen LogP contribution in [0.3, 0.4) is 0 Å². The average Bonchev–Trinajstić information content (AvgIpc) is 2.14. The predicted octanol–water partition coefficient (Wildman–Crippen LogP) is 0.569. The summed E-state index contributed by atoms with van der Waals surface area (Å²) in [6.07, 6.45) is 0.923. The molecule has 1 saturated heterocycles. The number of halogens is 1. The molecule has 0 aliphatic carbocycles. The third-order valence-electron chi connectivity index (χ3n) is 0.891. The van der Waals surface area contributed by atoms with Crippen molar-refractivity contribution < 1.29 is 4.79 Å². The van der Waals surface area contributed by atoms with Crippen LogP contribution in [0.15, 0.2) is 0 Å². The van der Waals surface area contributed by atoms with Gasteiger partial charge in [0.15, 0.2) is 0 Å². The van der Waals surface area contributed by atoms with Crippen LogP contribution in [0.1, 0.15) is 0 Å². The second-order valence-electron chi connectivity index (χ2n) is 1.52. The minimum atomic E-state index is 0.0133. The summed E-state index contributed by atoms with van der Waals surface area (Å²) in [5, 5.41) is 3.03. The summed E-state index contributed by atoms with van der Waals surface area (Å²) in [6.45, 7) is 0. The van der Waals surface area contributed by atoms with Crippen LogP contribution in [0.4, 0.5) is 0 Å². The van der Waals surface area contributed by atoms with Gasteiger partial charge >= 0.3 is 0 Å². The summed E-state index contributed by atoms with van der Waals surface area (Å²) in [4.78, 5) is 10.4. The van der Waals surface area contributed by atoms with Crippen molar-refractivity contribution in [3.05, 3.63) is 0 Å². The van der Waals surface area contributed by atoms with Gasteiger partial charge in [-0.2, -0.15) is 0 Å². The first-order valence-corrected chi connectivity index (χ1v) is 4.26. The Labute approximate surface area is 60.5 Å². The SMILES string of the molecule is O=CC1NC(Br)CS1. The molecule has 8 heavy (non-hydrogen) atoms. The topological polar surface area (TPSA) is 29.1 Å². The maximum atomic E-state index is 10.0. The maximum Gasteiger partial charge on any atom is 0.147 e. The van der Waals surface area contributed by atoms with E-state index in [1.165, 1.54) is 0 Å². The molecular formula is C4H6BrNOS. The molecular weight excluding hydrogens is 190 g/mol. The van der Waals surface area contributed by atoms with Crippen molar-refractivity contribution >= 4 is 34.0 Å². The predicted molar refractivity (Wildman–Crippen MR) is 38.2 cm³/mol. The number of carbonyl (C=O) groups excluding carboxylic acids is 1. The van der Waals surface area contributed by atoms with E-state index in [9.17, 15) is 4.79 Å². The molecule has 1 heterocycles. The highest BCUT2D eigenvalue weighted by Crippen LogP contribution is 2.19. The number of alkyl halides is 1. The Morgan fingerprint density at radius 1 is 1.88 bits per heavy atom. The van der Waals surface area contributed by atoms with Crippen molar-refractivity contribution in [1.82, 2.24) is 5.32 Å². The van der Waals surface area contributed by atoms with Crippen LogP contribution in [0.25, 0.3) is 0 Å². The smallest absolute Gasteiger partial charge is 0.147 e. The van der Waals surface area contributed by atoms with Crippen LogP contribution in [0.5, 0.6) is 0 Å². The average molecular weight is 196 g/mol. The van der Waals surface area contributed by atoms with E-state index in [0.717, 1.165) is 12.0 Å². The Morgan fingerprint density at radius 3 is 2.88 bits per heavy atom. The van der Waals surface area contributed by atoms with Gasteiger partial charge in [-0.15, -0.1) is 11.8 Å². The first-order valence-electron chi connectivity index (χ1n) is 2.30. The van der Waals surface area contributed by atoms with Crippen LogP contribution in [0, 0.1) is 0 Å². The van der Waals surface area contributed by atoms with Gasteiger partial charge in [0.05, 0.1) is 4.95 Å². The monoisotopic (exact) mass is 195 g/mol. The van der Waals surface area contributed by atoms with E-state index in [2.05, 4.69) is 21.2 Å².